The minimum absolute atomic E-state index is 0.0660. The van der Waals surface area contributed by atoms with E-state index in [-0.39, 0.29) is 12.6 Å². The Bertz CT molecular complexity index is 186. The standard InChI is InChI=1S/C10H21NO4/c1-5-11(8(2)6-14-3)9(7-15-4)10(12)13/h8-9H,5-7H2,1-4H3,(H,12,13). The van der Waals surface area contributed by atoms with Gasteiger partial charge in [0.05, 0.1) is 13.2 Å². The van der Waals surface area contributed by atoms with Gasteiger partial charge in [-0.2, -0.15) is 0 Å². The lowest BCUT2D eigenvalue weighted by molar-refractivity contribution is -0.146. The molecule has 0 rings (SSSR count). The number of rotatable bonds is 8. The zero-order chi connectivity index (χ0) is 11.8. The van der Waals surface area contributed by atoms with Gasteiger partial charge in [0, 0.05) is 20.3 Å². The lowest BCUT2D eigenvalue weighted by Gasteiger charge is -2.32. The number of hydrogen-bond donors (Lipinski definition) is 1. The molecular formula is C10H21NO4. The third-order valence-electron chi connectivity index (χ3n) is 2.35. The van der Waals surface area contributed by atoms with Crippen LogP contribution in [0.3, 0.4) is 0 Å². The molecule has 5 nitrogen and oxygen atoms in total. The largest absolute Gasteiger partial charge is 0.480 e. The van der Waals surface area contributed by atoms with Gasteiger partial charge >= 0.3 is 5.97 Å². The molecule has 0 radical (unpaired) electrons. The molecule has 0 saturated heterocycles. The zero-order valence-corrected chi connectivity index (χ0v) is 9.90. The maximum atomic E-state index is 11.0. The van der Waals surface area contributed by atoms with E-state index in [0.717, 1.165) is 0 Å². The van der Waals surface area contributed by atoms with E-state index < -0.39 is 12.0 Å². The highest BCUT2D eigenvalue weighted by molar-refractivity contribution is 5.73. The molecule has 2 unspecified atom stereocenters. The summed E-state index contributed by atoms with van der Waals surface area (Å²) >= 11 is 0. The summed E-state index contributed by atoms with van der Waals surface area (Å²) in [4.78, 5) is 12.9. The number of carboxylic acid groups (broad SMARTS) is 1. The molecule has 0 spiro atoms. The van der Waals surface area contributed by atoms with Gasteiger partial charge in [-0.15, -0.1) is 0 Å². The van der Waals surface area contributed by atoms with Crippen molar-refractivity contribution in [2.45, 2.75) is 25.9 Å². The highest BCUT2D eigenvalue weighted by Gasteiger charge is 2.27. The normalized spacial score (nSPS) is 15.3. The topological polar surface area (TPSA) is 59.0 Å². The van der Waals surface area contributed by atoms with Gasteiger partial charge in [0.1, 0.15) is 6.04 Å². The molecule has 0 bridgehead atoms. The molecule has 2 atom stereocenters. The van der Waals surface area contributed by atoms with Gasteiger partial charge in [0.2, 0.25) is 0 Å². The molecular weight excluding hydrogens is 198 g/mol. The molecule has 0 aromatic carbocycles. The van der Waals surface area contributed by atoms with Crippen LogP contribution in [0.2, 0.25) is 0 Å². The summed E-state index contributed by atoms with van der Waals surface area (Å²) in [7, 11) is 3.11. The summed E-state index contributed by atoms with van der Waals surface area (Å²) in [5.41, 5.74) is 0. The Morgan fingerprint density at radius 3 is 2.20 bits per heavy atom. The Morgan fingerprint density at radius 2 is 1.87 bits per heavy atom. The summed E-state index contributed by atoms with van der Waals surface area (Å²) in [6.45, 7) is 5.24. The van der Waals surface area contributed by atoms with E-state index in [2.05, 4.69) is 0 Å². The summed E-state index contributed by atoms with van der Waals surface area (Å²) < 4.78 is 9.93. The number of likely N-dealkylation sites (N-methyl/N-ethyl adjacent to an activating group) is 1. The van der Waals surface area contributed by atoms with E-state index in [0.29, 0.717) is 13.2 Å². The second-order valence-electron chi connectivity index (χ2n) is 3.44. The van der Waals surface area contributed by atoms with Gasteiger partial charge in [0.25, 0.3) is 0 Å². The van der Waals surface area contributed by atoms with Crippen LogP contribution in [0.15, 0.2) is 0 Å². The molecule has 0 aliphatic heterocycles. The fraction of sp³-hybridized carbons (Fsp3) is 0.900. The van der Waals surface area contributed by atoms with Crippen LogP contribution in [0, 0.1) is 0 Å². The fourth-order valence-electron chi connectivity index (χ4n) is 1.64. The number of carbonyl (C=O) groups is 1. The lowest BCUT2D eigenvalue weighted by Crippen LogP contribution is -2.50. The quantitative estimate of drug-likeness (QED) is 0.642. The van der Waals surface area contributed by atoms with E-state index in [1.165, 1.54) is 7.11 Å². The first-order valence-corrected chi connectivity index (χ1v) is 5.04. The monoisotopic (exact) mass is 219 g/mol. The maximum absolute atomic E-state index is 11.0. The van der Waals surface area contributed by atoms with Crippen molar-refractivity contribution in [3.8, 4) is 0 Å². The smallest absolute Gasteiger partial charge is 0.323 e. The van der Waals surface area contributed by atoms with Crippen LogP contribution in [0.25, 0.3) is 0 Å². The van der Waals surface area contributed by atoms with Crippen molar-refractivity contribution in [1.29, 1.82) is 0 Å². The number of nitrogens with zero attached hydrogens (tertiary/aromatic N) is 1. The van der Waals surface area contributed by atoms with E-state index in [4.69, 9.17) is 14.6 Å². The highest BCUT2D eigenvalue weighted by atomic mass is 16.5. The number of hydrogen-bond acceptors (Lipinski definition) is 4. The average Bonchev–Trinajstić information content (AvgIpc) is 2.18. The first-order chi connectivity index (χ1) is 7.08. The van der Waals surface area contributed by atoms with Crippen molar-refractivity contribution in [1.82, 2.24) is 4.90 Å². The second kappa shape index (κ2) is 7.62. The molecule has 15 heavy (non-hydrogen) atoms. The number of methoxy groups -OCH3 is 2. The van der Waals surface area contributed by atoms with Crippen LogP contribution >= 0.6 is 0 Å². The van der Waals surface area contributed by atoms with E-state index in [1.807, 2.05) is 18.7 Å². The van der Waals surface area contributed by atoms with E-state index in [9.17, 15) is 4.79 Å². The fourth-order valence-corrected chi connectivity index (χ4v) is 1.64. The molecule has 90 valence electrons. The van der Waals surface area contributed by atoms with Crippen LogP contribution < -0.4 is 0 Å². The summed E-state index contributed by atoms with van der Waals surface area (Å²) in [6.07, 6.45) is 0. The van der Waals surface area contributed by atoms with Crippen molar-refractivity contribution in [2.24, 2.45) is 0 Å². The van der Waals surface area contributed by atoms with Crippen molar-refractivity contribution < 1.29 is 19.4 Å². The number of carboxylic acids is 1. The third kappa shape index (κ3) is 4.59. The Morgan fingerprint density at radius 1 is 1.33 bits per heavy atom. The molecule has 5 heteroatoms. The van der Waals surface area contributed by atoms with Gasteiger partial charge in [0.15, 0.2) is 0 Å². The van der Waals surface area contributed by atoms with Crippen molar-refractivity contribution in [3.05, 3.63) is 0 Å². The highest BCUT2D eigenvalue weighted by Crippen LogP contribution is 2.07. The molecule has 0 aliphatic carbocycles. The van der Waals surface area contributed by atoms with Crippen molar-refractivity contribution in [2.75, 3.05) is 34.0 Å². The van der Waals surface area contributed by atoms with Crippen LogP contribution in [0.4, 0.5) is 0 Å². The number of ether oxygens (including phenoxy) is 2. The molecule has 0 aromatic heterocycles. The van der Waals surface area contributed by atoms with Crippen LogP contribution in [-0.4, -0.2) is 62.0 Å². The SMILES string of the molecule is CCN(C(C)COC)C(COC)C(=O)O. The van der Waals surface area contributed by atoms with Gasteiger partial charge in [-0.05, 0) is 13.5 Å². The Labute approximate surface area is 91.0 Å². The summed E-state index contributed by atoms with van der Waals surface area (Å²) in [6, 6.07) is -0.540. The molecule has 0 aliphatic rings. The maximum Gasteiger partial charge on any atom is 0.323 e. The molecule has 0 aromatic rings. The lowest BCUT2D eigenvalue weighted by atomic mass is 10.2. The summed E-state index contributed by atoms with van der Waals surface area (Å²) in [5.74, 6) is -0.860. The minimum Gasteiger partial charge on any atom is -0.480 e. The Kier molecular flexibility index (Phi) is 7.29. The van der Waals surface area contributed by atoms with Crippen LogP contribution in [0.5, 0.6) is 0 Å². The Balaban J connectivity index is 4.49. The van der Waals surface area contributed by atoms with E-state index in [1.54, 1.807) is 7.11 Å². The molecule has 0 fully saturated rings. The van der Waals surface area contributed by atoms with Gasteiger partial charge in [-0.25, -0.2) is 0 Å². The number of aliphatic carboxylic acids is 1. The first-order valence-electron chi connectivity index (χ1n) is 5.04. The summed E-state index contributed by atoms with van der Waals surface area (Å²) in [5, 5.41) is 9.06. The Hall–Kier alpha value is -0.650. The predicted octanol–water partition coefficient (Wildman–Crippen LogP) is 0.443. The van der Waals surface area contributed by atoms with E-state index >= 15 is 0 Å². The van der Waals surface area contributed by atoms with Crippen LogP contribution in [-0.2, 0) is 14.3 Å². The molecule has 0 saturated carbocycles. The minimum atomic E-state index is -0.860. The first kappa shape index (κ1) is 14.3. The second-order valence-corrected chi connectivity index (χ2v) is 3.44. The zero-order valence-electron chi connectivity index (χ0n) is 9.90. The van der Waals surface area contributed by atoms with Crippen molar-refractivity contribution in [3.63, 3.8) is 0 Å². The van der Waals surface area contributed by atoms with Crippen molar-refractivity contribution >= 4 is 5.97 Å². The molecule has 1 N–H and O–H groups in total. The van der Waals surface area contributed by atoms with Gasteiger partial charge in [-0.3, -0.25) is 9.69 Å². The van der Waals surface area contributed by atoms with Gasteiger partial charge in [-0.1, -0.05) is 6.92 Å². The molecule has 0 amide bonds. The average molecular weight is 219 g/mol. The molecule has 0 heterocycles. The third-order valence-corrected chi connectivity index (χ3v) is 2.35. The predicted molar refractivity (Wildman–Crippen MR) is 57.0 cm³/mol. The van der Waals surface area contributed by atoms with Gasteiger partial charge < -0.3 is 14.6 Å². The van der Waals surface area contributed by atoms with Crippen LogP contribution in [0.1, 0.15) is 13.8 Å².